The van der Waals surface area contributed by atoms with Gasteiger partial charge in [0.25, 0.3) is 0 Å². The number of hydrogen-bond donors (Lipinski definition) is 0. The van der Waals surface area contributed by atoms with Crippen molar-refractivity contribution in [3.05, 3.63) is 166 Å². The van der Waals surface area contributed by atoms with Crippen molar-refractivity contribution in [3.63, 3.8) is 0 Å². The molecule has 0 bridgehead atoms. The third kappa shape index (κ3) is 11.4. The molecule has 1 saturated carbocycles. The molecule has 302 valence electrons. The zero-order valence-corrected chi connectivity index (χ0v) is 40.5. The predicted octanol–water partition coefficient (Wildman–Crippen LogP) is 8.97. The van der Waals surface area contributed by atoms with Gasteiger partial charge >= 0.3 is 76.7 Å². The first-order chi connectivity index (χ1) is 26.5. The molecule has 0 N–H and O–H groups in total. The van der Waals surface area contributed by atoms with Crippen molar-refractivity contribution in [1.82, 2.24) is 0 Å². The van der Waals surface area contributed by atoms with Crippen LogP contribution in [0.5, 0.6) is 0 Å². The van der Waals surface area contributed by atoms with Crippen LogP contribution in [0.2, 0.25) is 0 Å². The Bertz CT molecular complexity index is 2100. The third-order valence-electron chi connectivity index (χ3n) is 11.9. The van der Waals surface area contributed by atoms with Gasteiger partial charge in [0.15, 0.2) is 0 Å². The summed E-state index contributed by atoms with van der Waals surface area (Å²) >= 11 is 1.51. The van der Waals surface area contributed by atoms with Crippen LogP contribution in [0.15, 0.2) is 121 Å². The molecule has 3 aliphatic carbocycles. The van der Waals surface area contributed by atoms with Crippen LogP contribution >= 0.6 is 0 Å². The van der Waals surface area contributed by atoms with Gasteiger partial charge in [0.1, 0.15) is 0 Å². The zero-order chi connectivity index (χ0) is 40.3. The van der Waals surface area contributed by atoms with E-state index in [1.807, 2.05) is 0 Å². The molecule has 0 saturated heterocycles. The van der Waals surface area contributed by atoms with Crippen LogP contribution < -0.4 is 24.8 Å². The van der Waals surface area contributed by atoms with Gasteiger partial charge in [-0.15, -0.1) is 28.8 Å². The summed E-state index contributed by atoms with van der Waals surface area (Å²) in [5.41, 5.74) is 18.3. The van der Waals surface area contributed by atoms with Crippen molar-refractivity contribution in [1.29, 1.82) is 0 Å². The van der Waals surface area contributed by atoms with Crippen molar-refractivity contribution in [3.8, 4) is 33.4 Å². The molecule has 0 spiro atoms. The van der Waals surface area contributed by atoms with E-state index >= 15 is 0 Å². The van der Waals surface area contributed by atoms with Gasteiger partial charge in [-0.25, -0.2) is 6.08 Å². The summed E-state index contributed by atoms with van der Waals surface area (Å²) in [4.78, 5) is 0. The average molecular weight is 885 g/mol. The molecule has 1 atom stereocenters. The largest absolute Gasteiger partial charge is 1.00 e. The summed E-state index contributed by atoms with van der Waals surface area (Å²) in [6.45, 7) is 22.8. The van der Waals surface area contributed by atoms with Gasteiger partial charge in [-0.3, -0.25) is 6.08 Å². The fraction of sp³-hybridized carbons (Fsp3) is 0.364. The Kier molecular flexibility index (Phi) is 16.4. The summed E-state index contributed by atoms with van der Waals surface area (Å²) < 4.78 is 1.46. The molecular formula is C55H62Cl2Zr-2. The first-order valence-electron chi connectivity index (χ1n) is 20.9. The van der Waals surface area contributed by atoms with Gasteiger partial charge in [0.2, 0.25) is 0 Å². The Morgan fingerprint density at radius 3 is 1.76 bits per heavy atom. The SMILES string of the molecule is CC(C)(C)c1cc2c([c-]c1-c1ccccc1)Cc1cc(-c3ccccc3)c(C(C)(C)C)cc1-2.CC1[C-]=CC(C2(C)CCCCC2)=C1.C[C](=[Zr+2])c1ccc(C)cc1.[Cl-].[Cl-]. The van der Waals surface area contributed by atoms with E-state index in [1.165, 1.54) is 126 Å². The van der Waals surface area contributed by atoms with Gasteiger partial charge in [-0.2, -0.15) is 11.6 Å². The number of fused-ring (bicyclic) bond motifs is 3. The molecule has 58 heavy (non-hydrogen) atoms. The number of benzene rings is 5. The molecule has 0 heterocycles. The van der Waals surface area contributed by atoms with Crippen LogP contribution in [0, 0.1) is 30.4 Å². The predicted molar refractivity (Wildman–Crippen MR) is 239 cm³/mol. The van der Waals surface area contributed by atoms with Crippen LogP contribution in [-0.4, -0.2) is 3.21 Å². The number of hydrogen-bond acceptors (Lipinski definition) is 0. The molecule has 0 radical (unpaired) electrons. The molecule has 0 nitrogen and oxygen atoms in total. The first kappa shape index (κ1) is 47.6. The monoisotopic (exact) mass is 882 g/mol. The van der Waals surface area contributed by atoms with Crippen molar-refractivity contribution in [2.45, 2.75) is 119 Å². The Morgan fingerprint density at radius 1 is 0.690 bits per heavy atom. The van der Waals surface area contributed by atoms with Crippen LogP contribution in [0.1, 0.15) is 128 Å². The normalized spacial score (nSPS) is 16.2. The summed E-state index contributed by atoms with van der Waals surface area (Å²) in [5, 5.41) is 0. The molecular weight excluding hydrogens is 823 g/mol. The van der Waals surface area contributed by atoms with Crippen molar-refractivity contribution >= 4 is 3.21 Å². The fourth-order valence-corrected chi connectivity index (χ4v) is 8.90. The smallest absolute Gasteiger partial charge is 1.00 e. The third-order valence-corrected chi connectivity index (χ3v) is 12.6. The maximum Gasteiger partial charge on any atom is -1.00 e. The second-order valence-corrected chi connectivity index (χ2v) is 20.6. The van der Waals surface area contributed by atoms with Crippen molar-refractivity contribution in [2.75, 3.05) is 0 Å². The van der Waals surface area contributed by atoms with Crippen LogP contribution in [0.4, 0.5) is 0 Å². The molecule has 0 aliphatic heterocycles. The maximum absolute atomic E-state index is 3.88. The molecule has 5 aromatic carbocycles. The second-order valence-electron chi connectivity index (χ2n) is 18.7. The first-order valence-corrected chi connectivity index (χ1v) is 22.1. The van der Waals surface area contributed by atoms with Crippen molar-refractivity contribution < 1.29 is 49.0 Å². The number of aryl methyl sites for hydroxylation is 1. The Morgan fingerprint density at radius 2 is 1.24 bits per heavy atom. The number of halogens is 2. The minimum atomic E-state index is 0. The van der Waals surface area contributed by atoms with E-state index in [9.17, 15) is 0 Å². The van der Waals surface area contributed by atoms with Crippen molar-refractivity contribution in [2.24, 2.45) is 11.3 Å². The Hall–Kier alpha value is -3.09. The molecule has 3 heteroatoms. The molecule has 5 aromatic rings. The average Bonchev–Trinajstić information content (AvgIpc) is 3.78. The quantitative estimate of drug-likeness (QED) is 0.155. The molecule has 3 aliphatic rings. The standard InChI is InChI=1S/C33H33.C13H19.C9H10.2ClH.Zr/c1-32(2,3)30-20-26-24(18-28(30)22-13-9-7-10-14-22)17-25-19-29(23-15-11-8-12-16-23)31(21-27(25)26)33(4,5)6;1-11-6-7-12(10-11)13(2)8-4-3-5-9-13;1-3-9-6-4-8(2)5-7-9;;;/h7-16,18,20-21H,17H2,1-6H3;7,10-11H,3-5,8-9H2,1-2H3;4-7H,1-2H3;2*1H;/q2*-1;;;;+2/p-2. The van der Waals surface area contributed by atoms with E-state index in [2.05, 4.69) is 197 Å². The van der Waals surface area contributed by atoms with Gasteiger partial charge in [0.05, 0.1) is 0 Å². The Labute approximate surface area is 379 Å². The molecule has 0 aromatic heterocycles. The van der Waals surface area contributed by atoms with Crippen LogP contribution in [0.25, 0.3) is 33.4 Å². The summed E-state index contributed by atoms with van der Waals surface area (Å²) in [6, 6.07) is 41.5. The minimum Gasteiger partial charge on any atom is -1.00 e. The van der Waals surface area contributed by atoms with Gasteiger partial charge in [0, 0.05) is 0 Å². The second kappa shape index (κ2) is 20.0. The minimum absolute atomic E-state index is 0. The Balaban J connectivity index is 0.000000244. The molecule has 1 unspecified atom stereocenters. The summed E-state index contributed by atoms with van der Waals surface area (Å²) in [7, 11) is 0. The van der Waals surface area contributed by atoms with E-state index in [0.29, 0.717) is 11.3 Å². The summed E-state index contributed by atoms with van der Waals surface area (Å²) in [5.74, 6) is 0.550. The van der Waals surface area contributed by atoms with Gasteiger partial charge in [-0.05, 0) is 39.5 Å². The van der Waals surface area contributed by atoms with E-state index in [0.717, 1.165) is 6.42 Å². The fourth-order valence-electron chi connectivity index (χ4n) is 8.49. The number of rotatable bonds is 4. The van der Waals surface area contributed by atoms with Gasteiger partial charge < -0.3 is 24.8 Å². The molecule has 8 rings (SSSR count). The van der Waals surface area contributed by atoms with E-state index in [4.69, 9.17) is 0 Å². The van der Waals surface area contributed by atoms with E-state index in [-0.39, 0.29) is 35.6 Å². The van der Waals surface area contributed by atoms with E-state index in [1.54, 1.807) is 5.57 Å². The maximum atomic E-state index is 3.88. The van der Waals surface area contributed by atoms with Gasteiger partial charge in [-0.1, -0.05) is 188 Å². The van der Waals surface area contributed by atoms with E-state index < -0.39 is 0 Å². The zero-order valence-electron chi connectivity index (χ0n) is 36.5. The topological polar surface area (TPSA) is 0 Å². The van der Waals surface area contributed by atoms with Crippen LogP contribution in [-0.2, 0) is 41.5 Å². The molecule has 0 amide bonds. The number of allylic oxidation sites excluding steroid dienone is 4. The molecule has 1 fully saturated rings. The summed E-state index contributed by atoms with van der Waals surface area (Å²) in [6.07, 6.45) is 16.0. The van der Waals surface area contributed by atoms with Crippen LogP contribution in [0.3, 0.4) is 0 Å².